The van der Waals surface area contributed by atoms with Crippen molar-refractivity contribution in [3.05, 3.63) is 72.3 Å². The number of hydrogen-bond acceptors (Lipinski definition) is 5. The van der Waals surface area contributed by atoms with Crippen molar-refractivity contribution in [1.82, 2.24) is 19.3 Å². The fourth-order valence-electron chi connectivity index (χ4n) is 2.77. The molecule has 0 atom stereocenters. The molecule has 4 rings (SSSR count). The highest BCUT2D eigenvalue weighted by molar-refractivity contribution is 7.89. The summed E-state index contributed by atoms with van der Waals surface area (Å²) in [5, 5.41) is 8.10. The molecule has 1 saturated heterocycles. The van der Waals surface area contributed by atoms with E-state index in [9.17, 15) is 12.8 Å². The predicted molar refractivity (Wildman–Crippen MR) is 95.0 cm³/mol. The number of nitrogens with zero attached hydrogens (tertiary/aromatic N) is 4. The van der Waals surface area contributed by atoms with Crippen molar-refractivity contribution in [2.24, 2.45) is 0 Å². The first-order chi connectivity index (χ1) is 13.0. The van der Waals surface area contributed by atoms with Crippen molar-refractivity contribution < 1.29 is 17.5 Å². The minimum atomic E-state index is -3.47. The molecule has 1 aromatic heterocycles. The van der Waals surface area contributed by atoms with Gasteiger partial charge in [0.2, 0.25) is 10.0 Å². The third-order valence-electron chi connectivity index (χ3n) is 4.34. The van der Waals surface area contributed by atoms with Gasteiger partial charge in [0.1, 0.15) is 23.9 Å². The lowest BCUT2D eigenvalue weighted by Gasteiger charge is -2.37. The van der Waals surface area contributed by atoms with Crippen LogP contribution in [0, 0.1) is 5.82 Å². The van der Waals surface area contributed by atoms with Gasteiger partial charge < -0.3 is 4.74 Å². The van der Waals surface area contributed by atoms with Crippen LogP contribution in [0.4, 0.5) is 4.39 Å². The van der Waals surface area contributed by atoms with Crippen LogP contribution < -0.4 is 4.74 Å². The molecule has 1 aliphatic rings. The minimum Gasteiger partial charge on any atom is -0.487 e. The van der Waals surface area contributed by atoms with Crippen molar-refractivity contribution in [2.45, 2.75) is 17.5 Å². The Bertz CT molecular complexity index is 1020. The number of benzene rings is 2. The van der Waals surface area contributed by atoms with Gasteiger partial charge in [0.05, 0.1) is 17.1 Å². The van der Waals surface area contributed by atoms with Crippen LogP contribution in [0.2, 0.25) is 0 Å². The van der Waals surface area contributed by atoms with E-state index in [1.54, 1.807) is 41.2 Å². The van der Waals surface area contributed by atoms with Gasteiger partial charge in [-0.2, -0.15) is 4.31 Å². The fourth-order valence-corrected chi connectivity index (χ4v) is 4.30. The first kappa shape index (κ1) is 17.6. The number of hydrogen-bond donors (Lipinski definition) is 0. The summed E-state index contributed by atoms with van der Waals surface area (Å²) in [5.74, 6) is 0.211. The largest absolute Gasteiger partial charge is 0.487 e. The zero-order chi connectivity index (χ0) is 18.9. The summed E-state index contributed by atoms with van der Waals surface area (Å²) in [6.45, 7) is 0.891. The number of rotatable bonds is 6. The van der Waals surface area contributed by atoms with Gasteiger partial charge in [-0.1, -0.05) is 23.4 Å². The third kappa shape index (κ3) is 3.69. The molecule has 27 heavy (non-hydrogen) atoms. The molecule has 2 heterocycles. The van der Waals surface area contributed by atoms with E-state index in [2.05, 4.69) is 10.3 Å². The maximum Gasteiger partial charge on any atom is 0.243 e. The molecule has 3 aromatic rings. The molecule has 7 nitrogen and oxygen atoms in total. The van der Waals surface area contributed by atoms with Gasteiger partial charge in [0, 0.05) is 13.1 Å². The van der Waals surface area contributed by atoms with Crippen molar-refractivity contribution in [1.29, 1.82) is 0 Å². The standard InChI is InChI=1S/C18H17FN4O3S/c19-14-6-8-17(9-7-14)26-13-15-10-23(21-20-15)16-11-22(12-16)27(24,25)18-4-2-1-3-5-18/h1-10,16H,11-13H2. The van der Waals surface area contributed by atoms with Crippen LogP contribution >= 0.6 is 0 Å². The monoisotopic (exact) mass is 388 g/mol. The maximum absolute atomic E-state index is 12.9. The first-order valence-electron chi connectivity index (χ1n) is 8.37. The topological polar surface area (TPSA) is 77.3 Å². The van der Waals surface area contributed by atoms with E-state index in [4.69, 9.17) is 4.74 Å². The van der Waals surface area contributed by atoms with Crippen molar-refractivity contribution in [2.75, 3.05) is 13.1 Å². The Balaban J connectivity index is 1.34. The van der Waals surface area contributed by atoms with Crippen molar-refractivity contribution >= 4 is 10.0 Å². The zero-order valence-corrected chi connectivity index (χ0v) is 15.1. The summed E-state index contributed by atoms with van der Waals surface area (Å²) in [6, 6.07) is 14.0. The van der Waals surface area contributed by atoms with Crippen LogP contribution in [0.5, 0.6) is 5.75 Å². The summed E-state index contributed by atoms with van der Waals surface area (Å²) >= 11 is 0. The smallest absolute Gasteiger partial charge is 0.243 e. The van der Waals surface area contributed by atoms with E-state index in [0.717, 1.165) is 0 Å². The Hall–Kier alpha value is -2.78. The van der Waals surface area contributed by atoms with E-state index in [0.29, 0.717) is 24.5 Å². The second kappa shape index (κ2) is 7.09. The summed E-state index contributed by atoms with van der Waals surface area (Å²) in [5.41, 5.74) is 0.615. The van der Waals surface area contributed by atoms with Crippen LogP contribution in [0.1, 0.15) is 11.7 Å². The van der Waals surface area contributed by atoms with E-state index in [1.165, 1.54) is 28.6 Å². The molecule has 0 radical (unpaired) electrons. The molecule has 0 amide bonds. The average Bonchev–Trinajstić information content (AvgIpc) is 3.09. The number of aromatic nitrogens is 3. The molecule has 0 saturated carbocycles. The molecule has 0 N–H and O–H groups in total. The molecule has 1 fully saturated rings. The van der Waals surface area contributed by atoms with Gasteiger partial charge in [-0.05, 0) is 36.4 Å². The molecule has 0 aliphatic carbocycles. The molecule has 140 valence electrons. The van der Waals surface area contributed by atoms with Gasteiger partial charge in [-0.25, -0.2) is 17.5 Å². The Kier molecular flexibility index (Phi) is 4.63. The Morgan fingerprint density at radius 2 is 1.78 bits per heavy atom. The predicted octanol–water partition coefficient (Wildman–Crippen LogP) is 2.24. The lowest BCUT2D eigenvalue weighted by Crippen LogP contribution is -2.50. The van der Waals surface area contributed by atoms with Crippen LogP contribution in [-0.4, -0.2) is 40.8 Å². The molecular formula is C18H17FN4O3S. The quantitative estimate of drug-likeness (QED) is 0.647. The van der Waals surface area contributed by atoms with Crippen molar-refractivity contribution in [3.8, 4) is 5.75 Å². The van der Waals surface area contributed by atoms with Gasteiger partial charge in [0.25, 0.3) is 0 Å². The summed E-state index contributed by atoms with van der Waals surface area (Å²) in [6.07, 6.45) is 1.74. The van der Waals surface area contributed by atoms with E-state index in [-0.39, 0.29) is 23.4 Å². The van der Waals surface area contributed by atoms with E-state index < -0.39 is 10.0 Å². The normalized spacial score (nSPS) is 15.4. The highest BCUT2D eigenvalue weighted by Crippen LogP contribution is 2.27. The molecule has 0 spiro atoms. The van der Waals surface area contributed by atoms with Crippen LogP contribution in [-0.2, 0) is 16.6 Å². The first-order valence-corrected chi connectivity index (χ1v) is 9.81. The summed E-state index contributed by atoms with van der Waals surface area (Å²) in [4.78, 5) is 0.287. The van der Waals surface area contributed by atoms with Gasteiger partial charge in [0.15, 0.2) is 0 Å². The minimum absolute atomic E-state index is 0.0597. The van der Waals surface area contributed by atoms with Crippen LogP contribution in [0.3, 0.4) is 0 Å². The number of halogens is 1. The molecule has 2 aromatic carbocycles. The third-order valence-corrected chi connectivity index (χ3v) is 6.19. The summed E-state index contributed by atoms with van der Waals surface area (Å²) < 4.78 is 46.5. The molecule has 9 heteroatoms. The molecule has 0 unspecified atom stereocenters. The number of ether oxygens (including phenoxy) is 1. The lowest BCUT2D eigenvalue weighted by atomic mass is 10.2. The van der Waals surface area contributed by atoms with Gasteiger partial charge in [-0.3, -0.25) is 0 Å². The average molecular weight is 388 g/mol. The Morgan fingerprint density at radius 1 is 1.07 bits per heavy atom. The Labute approximate surface area is 156 Å². The second-order valence-electron chi connectivity index (χ2n) is 6.22. The summed E-state index contributed by atoms with van der Waals surface area (Å²) in [7, 11) is -3.47. The molecular weight excluding hydrogens is 371 g/mol. The van der Waals surface area contributed by atoms with Gasteiger partial charge in [-0.15, -0.1) is 5.10 Å². The fraction of sp³-hybridized carbons (Fsp3) is 0.222. The maximum atomic E-state index is 12.9. The Morgan fingerprint density at radius 3 is 2.48 bits per heavy atom. The zero-order valence-electron chi connectivity index (χ0n) is 14.3. The highest BCUT2D eigenvalue weighted by Gasteiger charge is 2.38. The van der Waals surface area contributed by atoms with E-state index in [1.807, 2.05) is 0 Å². The number of sulfonamides is 1. The lowest BCUT2D eigenvalue weighted by molar-refractivity contribution is 0.189. The van der Waals surface area contributed by atoms with E-state index >= 15 is 0 Å². The highest BCUT2D eigenvalue weighted by atomic mass is 32.2. The SMILES string of the molecule is O=S(=O)(c1ccccc1)N1CC(n2cc(COc3ccc(F)cc3)nn2)C1. The van der Waals surface area contributed by atoms with Gasteiger partial charge >= 0.3 is 0 Å². The molecule has 1 aliphatic heterocycles. The molecule has 0 bridgehead atoms. The van der Waals surface area contributed by atoms with Crippen LogP contribution in [0.15, 0.2) is 65.7 Å². The van der Waals surface area contributed by atoms with Crippen LogP contribution in [0.25, 0.3) is 0 Å². The second-order valence-corrected chi connectivity index (χ2v) is 8.16. The van der Waals surface area contributed by atoms with Crippen molar-refractivity contribution in [3.63, 3.8) is 0 Å².